The van der Waals surface area contributed by atoms with E-state index in [-0.39, 0.29) is 10.9 Å². The number of nitriles is 1. The molecule has 0 bridgehead atoms. The zero-order chi connectivity index (χ0) is 14.8. The molecule has 0 spiro atoms. The highest BCUT2D eigenvalue weighted by atomic mass is 32.2. The molecule has 1 aliphatic heterocycles. The number of rotatable bonds is 3. The molecule has 1 aromatic rings. The third kappa shape index (κ3) is 3.01. The number of hydrogen-bond acceptors (Lipinski definition) is 4. The van der Waals surface area contributed by atoms with Crippen molar-refractivity contribution in [2.75, 3.05) is 27.2 Å². The lowest BCUT2D eigenvalue weighted by Gasteiger charge is -2.34. The Balaban J connectivity index is 2.23. The van der Waals surface area contributed by atoms with E-state index in [1.807, 2.05) is 13.1 Å². The predicted molar refractivity (Wildman–Crippen MR) is 76.6 cm³/mol. The summed E-state index contributed by atoms with van der Waals surface area (Å²) in [5.74, 6) is 0. The molecule has 1 aromatic carbocycles. The van der Waals surface area contributed by atoms with E-state index in [4.69, 9.17) is 5.26 Å². The van der Waals surface area contributed by atoms with E-state index in [2.05, 4.69) is 4.90 Å². The quantitative estimate of drug-likeness (QED) is 0.842. The minimum atomic E-state index is -3.52. The Morgan fingerprint density at radius 3 is 2.60 bits per heavy atom. The van der Waals surface area contributed by atoms with Gasteiger partial charge in [0.1, 0.15) is 0 Å². The van der Waals surface area contributed by atoms with E-state index in [1.165, 1.54) is 10.4 Å². The Labute approximate surface area is 120 Å². The van der Waals surface area contributed by atoms with E-state index in [9.17, 15) is 8.42 Å². The summed E-state index contributed by atoms with van der Waals surface area (Å²) in [5, 5.41) is 8.88. The van der Waals surface area contributed by atoms with Crippen molar-refractivity contribution in [3.05, 3.63) is 29.8 Å². The van der Waals surface area contributed by atoms with Crippen LogP contribution in [0, 0.1) is 11.3 Å². The number of hydrogen-bond donors (Lipinski definition) is 0. The van der Waals surface area contributed by atoms with Crippen LogP contribution in [0.3, 0.4) is 0 Å². The molecule has 6 heteroatoms. The lowest BCUT2D eigenvalue weighted by Crippen LogP contribution is -2.44. The van der Waals surface area contributed by atoms with Gasteiger partial charge in [-0.15, -0.1) is 0 Å². The van der Waals surface area contributed by atoms with Crippen LogP contribution in [0.15, 0.2) is 29.2 Å². The van der Waals surface area contributed by atoms with Crippen LogP contribution >= 0.6 is 0 Å². The number of sulfonamides is 1. The average molecular weight is 293 g/mol. The largest absolute Gasteiger partial charge is 0.306 e. The van der Waals surface area contributed by atoms with Gasteiger partial charge in [-0.3, -0.25) is 0 Å². The van der Waals surface area contributed by atoms with Crippen LogP contribution < -0.4 is 0 Å². The third-order valence-corrected chi connectivity index (χ3v) is 5.75. The van der Waals surface area contributed by atoms with Crippen LogP contribution in [0.1, 0.15) is 18.4 Å². The number of nitrogens with zero attached hydrogens (tertiary/aromatic N) is 3. The Hall–Kier alpha value is -1.42. The molecule has 0 atom stereocenters. The molecule has 1 heterocycles. The maximum Gasteiger partial charge on any atom is 0.243 e. The van der Waals surface area contributed by atoms with Crippen molar-refractivity contribution in [1.82, 2.24) is 9.21 Å². The topological polar surface area (TPSA) is 64.4 Å². The van der Waals surface area contributed by atoms with Crippen LogP contribution in [0.25, 0.3) is 0 Å². The van der Waals surface area contributed by atoms with E-state index >= 15 is 0 Å². The van der Waals surface area contributed by atoms with Crippen molar-refractivity contribution < 1.29 is 8.42 Å². The first kappa shape index (κ1) is 15.0. The summed E-state index contributed by atoms with van der Waals surface area (Å²) in [7, 11) is 0.147. The second-order valence-electron chi connectivity index (χ2n) is 5.20. The molecule has 0 aliphatic carbocycles. The van der Waals surface area contributed by atoms with Gasteiger partial charge in [0.15, 0.2) is 0 Å². The molecule has 1 saturated heterocycles. The van der Waals surface area contributed by atoms with Crippen molar-refractivity contribution >= 4 is 10.0 Å². The van der Waals surface area contributed by atoms with Gasteiger partial charge in [0.2, 0.25) is 10.0 Å². The fourth-order valence-electron chi connectivity index (χ4n) is 2.45. The zero-order valence-corrected chi connectivity index (χ0v) is 12.6. The summed E-state index contributed by atoms with van der Waals surface area (Å²) in [4.78, 5) is 2.39. The fourth-order valence-corrected chi connectivity index (χ4v) is 3.91. The maximum absolute atomic E-state index is 12.6. The first-order valence-corrected chi connectivity index (χ1v) is 8.06. The van der Waals surface area contributed by atoms with Crippen molar-refractivity contribution in [2.24, 2.45) is 0 Å². The summed E-state index contributed by atoms with van der Waals surface area (Å²) in [6.07, 6.45) is 1.67. The highest BCUT2D eigenvalue weighted by molar-refractivity contribution is 7.89. The Morgan fingerprint density at radius 1 is 1.35 bits per heavy atom. The highest BCUT2D eigenvalue weighted by Crippen LogP contribution is 2.22. The van der Waals surface area contributed by atoms with Crippen molar-refractivity contribution in [1.29, 1.82) is 5.26 Å². The van der Waals surface area contributed by atoms with E-state index in [0.717, 1.165) is 25.9 Å². The fraction of sp³-hybridized carbons (Fsp3) is 0.500. The Morgan fingerprint density at radius 2 is 2.00 bits per heavy atom. The van der Waals surface area contributed by atoms with Gasteiger partial charge in [-0.25, -0.2) is 8.42 Å². The first-order chi connectivity index (χ1) is 9.45. The molecule has 20 heavy (non-hydrogen) atoms. The summed E-state index contributed by atoms with van der Waals surface area (Å²) in [5.41, 5.74) is 0.364. The van der Waals surface area contributed by atoms with Crippen LogP contribution in [-0.4, -0.2) is 50.8 Å². The molecular weight excluding hydrogens is 274 g/mol. The summed E-state index contributed by atoms with van der Waals surface area (Å²) in [6.45, 7) is 1.81. The molecule has 0 radical (unpaired) electrons. The Bertz CT molecular complexity index is 614. The van der Waals surface area contributed by atoms with Crippen LogP contribution in [0.4, 0.5) is 0 Å². The molecule has 108 valence electrons. The molecule has 1 fully saturated rings. The molecule has 2 rings (SSSR count). The maximum atomic E-state index is 12.6. The van der Waals surface area contributed by atoms with Gasteiger partial charge in [0, 0.05) is 13.1 Å². The van der Waals surface area contributed by atoms with Gasteiger partial charge in [-0.1, -0.05) is 6.07 Å². The van der Waals surface area contributed by atoms with Crippen LogP contribution in [-0.2, 0) is 10.0 Å². The number of piperidine rings is 1. The van der Waals surface area contributed by atoms with Crippen molar-refractivity contribution in [3.63, 3.8) is 0 Å². The molecule has 0 unspecified atom stereocenters. The van der Waals surface area contributed by atoms with Crippen molar-refractivity contribution in [2.45, 2.75) is 23.8 Å². The highest BCUT2D eigenvalue weighted by Gasteiger charge is 2.30. The molecule has 0 N–H and O–H groups in total. The van der Waals surface area contributed by atoms with Gasteiger partial charge >= 0.3 is 0 Å². The van der Waals surface area contributed by atoms with E-state index in [0.29, 0.717) is 5.56 Å². The van der Waals surface area contributed by atoms with Crippen molar-refractivity contribution in [3.8, 4) is 6.07 Å². The Kier molecular flexibility index (Phi) is 4.43. The van der Waals surface area contributed by atoms with Gasteiger partial charge < -0.3 is 4.90 Å². The van der Waals surface area contributed by atoms with Gasteiger partial charge in [-0.05, 0) is 51.2 Å². The minimum absolute atomic E-state index is 0.0296. The van der Waals surface area contributed by atoms with Crippen LogP contribution in [0.2, 0.25) is 0 Å². The average Bonchev–Trinajstić information content (AvgIpc) is 2.47. The first-order valence-electron chi connectivity index (χ1n) is 6.62. The number of benzene rings is 1. The van der Waals surface area contributed by atoms with Gasteiger partial charge in [0.25, 0.3) is 0 Å². The van der Waals surface area contributed by atoms with E-state index < -0.39 is 10.0 Å². The second kappa shape index (κ2) is 5.92. The molecule has 5 nitrogen and oxygen atoms in total. The lowest BCUT2D eigenvalue weighted by atomic mass is 10.1. The zero-order valence-electron chi connectivity index (χ0n) is 11.8. The summed E-state index contributed by atoms with van der Waals surface area (Å²) < 4.78 is 26.6. The summed E-state index contributed by atoms with van der Waals surface area (Å²) in [6, 6.07) is 8.19. The van der Waals surface area contributed by atoms with Crippen LogP contribution in [0.5, 0.6) is 0 Å². The molecule has 1 aliphatic rings. The standard InChI is InChI=1S/C14H19N3O2S/c1-16-8-6-13(7-9-16)17(2)20(18,19)14-5-3-4-12(10-14)11-15/h3-5,10,13H,6-9H2,1-2H3. The number of likely N-dealkylation sites (tertiary alicyclic amines) is 1. The molecule has 0 aromatic heterocycles. The van der Waals surface area contributed by atoms with E-state index in [1.54, 1.807) is 25.2 Å². The van der Waals surface area contributed by atoms with Gasteiger partial charge in [-0.2, -0.15) is 9.57 Å². The third-order valence-electron chi connectivity index (χ3n) is 3.84. The smallest absolute Gasteiger partial charge is 0.243 e. The summed E-state index contributed by atoms with van der Waals surface area (Å²) >= 11 is 0. The lowest BCUT2D eigenvalue weighted by molar-refractivity contribution is 0.197. The predicted octanol–water partition coefficient (Wildman–Crippen LogP) is 1.27. The molecular formula is C14H19N3O2S. The molecule has 0 saturated carbocycles. The minimum Gasteiger partial charge on any atom is -0.306 e. The molecule has 0 amide bonds. The monoisotopic (exact) mass is 293 g/mol. The van der Waals surface area contributed by atoms with Gasteiger partial charge in [0.05, 0.1) is 16.5 Å². The normalized spacial score (nSPS) is 18.1. The second-order valence-corrected chi connectivity index (χ2v) is 7.19. The SMILES string of the molecule is CN1CCC(N(C)S(=O)(=O)c2cccc(C#N)c2)CC1.